The van der Waals surface area contributed by atoms with Crippen LogP contribution in [0.1, 0.15) is 42.2 Å². The molecule has 0 fully saturated rings. The molecule has 2 aliphatic rings. The number of hydrogen-bond donors (Lipinski definition) is 2. The lowest BCUT2D eigenvalue weighted by atomic mass is 10.1. The van der Waals surface area contributed by atoms with E-state index in [1.165, 1.54) is 18.0 Å². The first-order valence-corrected chi connectivity index (χ1v) is 13.7. The van der Waals surface area contributed by atoms with Crippen LogP contribution in [0.15, 0.2) is 81.3 Å². The number of amidine groups is 2. The second-order valence-electron chi connectivity index (χ2n) is 9.35. The Labute approximate surface area is 230 Å². The Bertz CT molecular complexity index is 1430. The fraction of sp³-hybridized carbons (Fsp3) is 0.276. The van der Waals surface area contributed by atoms with Gasteiger partial charge in [-0.1, -0.05) is 60.6 Å². The number of rotatable bonds is 9. The molecule has 3 heterocycles. The van der Waals surface area contributed by atoms with E-state index >= 15 is 0 Å². The van der Waals surface area contributed by atoms with Gasteiger partial charge in [-0.25, -0.2) is 4.99 Å². The third-order valence-electron chi connectivity index (χ3n) is 6.53. The van der Waals surface area contributed by atoms with E-state index in [-0.39, 0.29) is 24.8 Å². The molecule has 1 aromatic heterocycles. The number of aliphatic imine (C=N–C) groups is 2. The Morgan fingerprint density at radius 3 is 2.56 bits per heavy atom. The van der Waals surface area contributed by atoms with Crippen LogP contribution >= 0.6 is 11.8 Å². The number of para-hydroxylation sites is 1. The molecule has 0 aliphatic carbocycles. The van der Waals surface area contributed by atoms with Crippen LogP contribution in [0.2, 0.25) is 0 Å². The van der Waals surface area contributed by atoms with Crippen molar-refractivity contribution in [2.24, 2.45) is 9.98 Å². The van der Waals surface area contributed by atoms with Crippen molar-refractivity contribution in [2.45, 2.75) is 51.1 Å². The average molecular weight is 544 g/mol. The van der Waals surface area contributed by atoms with E-state index in [1.54, 1.807) is 17.0 Å². The molecule has 39 heavy (non-hydrogen) atoms. The van der Waals surface area contributed by atoms with Gasteiger partial charge in [0.2, 0.25) is 11.8 Å². The maximum absolute atomic E-state index is 13.2. The highest BCUT2D eigenvalue weighted by atomic mass is 32.2. The molecule has 0 saturated heterocycles. The summed E-state index contributed by atoms with van der Waals surface area (Å²) in [6.07, 6.45) is 1.98. The van der Waals surface area contributed by atoms with E-state index in [9.17, 15) is 14.4 Å². The molecule has 200 valence electrons. The molecule has 10 heteroatoms. The van der Waals surface area contributed by atoms with Crippen LogP contribution in [0.25, 0.3) is 0 Å². The lowest BCUT2D eigenvalue weighted by Gasteiger charge is -2.32. The fourth-order valence-corrected chi connectivity index (χ4v) is 5.48. The number of benzene rings is 2. The molecular formula is C29H29N5O4S. The number of carbonyl (C=O) groups is 3. The third kappa shape index (κ3) is 5.96. The van der Waals surface area contributed by atoms with Crippen LogP contribution in [0, 0.1) is 6.92 Å². The zero-order valence-electron chi connectivity index (χ0n) is 21.7. The third-order valence-corrected chi connectivity index (χ3v) is 7.86. The van der Waals surface area contributed by atoms with Crippen LogP contribution in [-0.4, -0.2) is 44.9 Å². The first-order chi connectivity index (χ1) is 18.9. The molecule has 0 radical (unpaired) electrons. The first kappa shape index (κ1) is 26.4. The van der Waals surface area contributed by atoms with Gasteiger partial charge in [0.1, 0.15) is 17.6 Å². The van der Waals surface area contributed by atoms with Crippen LogP contribution < -0.4 is 10.6 Å². The summed E-state index contributed by atoms with van der Waals surface area (Å²) in [7, 11) is 0. The summed E-state index contributed by atoms with van der Waals surface area (Å²) in [5.41, 5.74) is 3.55. The minimum Gasteiger partial charge on any atom is -0.467 e. The quantitative estimate of drug-likeness (QED) is 0.420. The molecule has 2 atom stereocenters. The van der Waals surface area contributed by atoms with Crippen molar-refractivity contribution in [3.63, 3.8) is 0 Å². The van der Waals surface area contributed by atoms with E-state index in [1.807, 2.05) is 62.4 Å². The summed E-state index contributed by atoms with van der Waals surface area (Å²) in [5.74, 6) is 0.214. The van der Waals surface area contributed by atoms with E-state index in [2.05, 4.69) is 15.6 Å². The number of furan rings is 1. The van der Waals surface area contributed by atoms with Gasteiger partial charge < -0.3 is 15.1 Å². The number of carbonyl (C=O) groups excluding carboxylic acids is 3. The Hall–Kier alpha value is -4.18. The van der Waals surface area contributed by atoms with Crippen molar-refractivity contribution in [3.05, 3.63) is 89.4 Å². The zero-order chi connectivity index (χ0) is 27.4. The number of thioether (sulfide) groups is 1. The average Bonchev–Trinajstić information content (AvgIpc) is 3.58. The number of nitrogens with one attached hydrogen (secondary N) is 2. The van der Waals surface area contributed by atoms with Gasteiger partial charge >= 0.3 is 0 Å². The largest absolute Gasteiger partial charge is 0.467 e. The summed E-state index contributed by atoms with van der Waals surface area (Å²) in [6, 6.07) is 18.1. The summed E-state index contributed by atoms with van der Waals surface area (Å²) >= 11 is 1.28. The van der Waals surface area contributed by atoms with E-state index < -0.39 is 17.2 Å². The van der Waals surface area contributed by atoms with Gasteiger partial charge in [-0.05, 0) is 43.2 Å². The second-order valence-corrected chi connectivity index (χ2v) is 10.5. The van der Waals surface area contributed by atoms with Crippen LogP contribution in [0.5, 0.6) is 0 Å². The maximum Gasteiger partial charge on any atom is 0.271 e. The molecule has 0 spiro atoms. The van der Waals surface area contributed by atoms with E-state index in [0.29, 0.717) is 41.0 Å². The monoisotopic (exact) mass is 543 g/mol. The number of fused-ring (bicyclic) bond motifs is 3. The number of aryl methyl sites for hydroxylation is 1. The molecule has 2 aliphatic heterocycles. The molecule has 0 saturated carbocycles. The maximum atomic E-state index is 13.2. The van der Waals surface area contributed by atoms with Crippen LogP contribution in [0.3, 0.4) is 0 Å². The van der Waals surface area contributed by atoms with E-state index in [4.69, 9.17) is 9.41 Å². The molecule has 9 nitrogen and oxygen atoms in total. The van der Waals surface area contributed by atoms with Gasteiger partial charge in [0.05, 0.1) is 30.2 Å². The van der Waals surface area contributed by atoms with Gasteiger partial charge in [-0.15, -0.1) is 0 Å². The van der Waals surface area contributed by atoms with Crippen molar-refractivity contribution in [1.29, 1.82) is 0 Å². The summed E-state index contributed by atoms with van der Waals surface area (Å²) in [4.78, 5) is 49.9. The smallest absolute Gasteiger partial charge is 0.271 e. The van der Waals surface area contributed by atoms with Gasteiger partial charge in [0.25, 0.3) is 5.91 Å². The molecule has 3 amide bonds. The van der Waals surface area contributed by atoms with E-state index in [0.717, 1.165) is 11.1 Å². The molecule has 2 N–H and O–H groups in total. The highest BCUT2D eigenvalue weighted by molar-refractivity contribution is 8.15. The van der Waals surface area contributed by atoms with Crippen molar-refractivity contribution in [1.82, 2.24) is 15.5 Å². The SMILES string of the molecule is CCC(SC1=Nc2ccccc2C2=NC(=O)C(CC(=O)NCc3ccco3)N12)C(=O)NCc1ccc(C)cc1. The van der Waals surface area contributed by atoms with Gasteiger partial charge in [-0.3, -0.25) is 19.3 Å². The summed E-state index contributed by atoms with van der Waals surface area (Å²) in [5, 5.41) is 5.83. The molecule has 3 aromatic rings. The molecular weight excluding hydrogens is 514 g/mol. The minimum absolute atomic E-state index is 0.106. The molecule has 2 unspecified atom stereocenters. The fourth-order valence-electron chi connectivity index (χ4n) is 4.39. The lowest BCUT2D eigenvalue weighted by Crippen LogP contribution is -2.47. The Kier molecular flexibility index (Phi) is 7.92. The normalized spacial score (nSPS) is 16.6. The Morgan fingerprint density at radius 1 is 1.03 bits per heavy atom. The minimum atomic E-state index is -0.857. The topological polar surface area (TPSA) is 116 Å². The first-order valence-electron chi connectivity index (χ1n) is 12.8. The predicted molar refractivity (Wildman–Crippen MR) is 151 cm³/mol. The second kappa shape index (κ2) is 11.7. The van der Waals surface area contributed by atoms with Gasteiger partial charge in [0, 0.05) is 12.1 Å². The van der Waals surface area contributed by atoms with Crippen molar-refractivity contribution < 1.29 is 18.8 Å². The standard InChI is InChI=1S/C29H29N5O4S/c1-3-24(28(37)31-16-19-12-10-18(2)11-13-19)39-29-32-22-9-5-4-8-21(22)26-33-27(36)23(34(26)29)15-25(35)30-17-20-7-6-14-38-20/h4-14,23-24H,3,15-17H2,1-2H3,(H,30,35)(H,31,37). The highest BCUT2D eigenvalue weighted by Crippen LogP contribution is 2.36. The van der Waals surface area contributed by atoms with Crippen molar-refractivity contribution in [3.8, 4) is 0 Å². The summed E-state index contributed by atoms with van der Waals surface area (Å²) < 4.78 is 5.27. The summed E-state index contributed by atoms with van der Waals surface area (Å²) in [6.45, 7) is 4.59. The molecule has 2 aromatic carbocycles. The Morgan fingerprint density at radius 2 is 1.82 bits per heavy atom. The lowest BCUT2D eigenvalue weighted by molar-refractivity contribution is -0.126. The van der Waals surface area contributed by atoms with Crippen molar-refractivity contribution in [2.75, 3.05) is 0 Å². The number of nitrogens with zero attached hydrogens (tertiary/aromatic N) is 3. The van der Waals surface area contributed by atoms with Crippen molar-refractivity contribution >= 4 is 46.2 Å². The molecule has 5 rings (SSSR count). The highest BCUT2D eigenvalue weighted by Gasteiger charge is 2.43. The molecule has 0 bridgehead atoms. The van der Waals surface area contributed by atoms with Crippen LogP contribution in [-0.2, 0) is 27.5 Å². The number of amides is 3. The predicted octanol–water partition coefficient (Wildman–Crippen LogP) is 4.08. The number of hydrogen-bond acceptors (Lipinski definition) is 7. The van der Waals surface area contributed by atoms with Crippen LogP contribution in [0.4, 0.5) is 5.69 Å². The zero-order valence-corrected chi connectivity index (χ0v) is 22.5. The Balaban J connectivity index is 1.33. The van der Waals surface area contributed by atoms with Gasteiger partial charge in [-0.2, -0.15) is 4.99 Å². The van der Waals surface area contributed by atoms with Gasteiger partial charge in [0.15, 0.2) is 5.17 Å².